The summed E-state index contributed by atoms with van der Waals surface area (Å²) in [4.78, 5) is 0. The summed E-state index contributed by atoms with van der Waals surface area (Å²) in [5, 5.41) is 36.1. The van der Waals surface area contributed by atoms with Crippen molar-refractivity contribution < 1.29 is 47.5 Å². The van der Waals surface area contributed by atoms with Crippen molar-refractivity contribution in [1.29, 1.82) is 0 Å². The van der Waals surface area contributed by atoms with Crippen LogP contribution in [0.1, 0.15) is 20.8 Å². The maximum Gasteiger partial charge on any atom is 1.00 e. The number of ether oxygens (including phenoxy) is 1. The Balaban J connectivity index is 0. The third-order valence-electron chi connectivity index (χ3n) is 3.35. The summed E-state index contributed by atoms with van der Waals surface area (Å²) < 4.78 is 4.84. The molecule has 0 bridgehead atoms. The van der Waals surface area contributed by atoms with E-state index in [2.05, 4.69) is 33.4 Å². The van der Waals surface area contributed by atoms with E-state index in [9.17, 15) is 5.11 Å². The maximum absolute atomic E-state index is 9.18. The van der Waals surface area contributed by atoms with E-state index in [1.807, 2.05) is 0 Å². The molecule has 0 spiro atoms. The average molecular weight is 511 g/mol. The van der Waals surface area contributed by atoms with Gasteiger partial charge in [0.15, 0.2) is 0 Å². The van der Waals surface area contributed by atoms with E-state index < -0.39 is 36.5 Å². The van der Waals surface area contributed by atoms with Crippen LogP contribution in [0.3, 0.4) is 0 Å². The third kappa shape index (κ3) is 7.54. The molecule has 1 rings (SSSR count). The summed E-state index contributed by atoms with van der Waals surface area (Å²) in [6, 6.07) is 0. The second-order valence-corrected chi connectivity index (χ2v) is 8.59. The fourth-order valence-electron chi connectivity index (χ4n) is 1.82. The smallest absolute Gasteiger partial charge is 0.759 e. The maximum atomic E-state index is 9.18. The fraction of sp³-hybridized carbons (Fsp3) is 1.00. The molecular weight excluding hydrogens is 484 g/mol. The van der Waals surface area contributed by atoms with Crippen LogP contribution in [-0.2, 0) is 39.7 Å². The summed E-state index contributed by atoms with van der Waals surface area (Å²) in [5.41, 5.74) is -0.986. The van der Waals surface area contributed by atoms with E-state index in [0.29, 0.717) is 0 Å². The van der Waals surface area contributed by atoms with E-state index in [4.69, 9.17) is 20.1 Å². The molecule has 4 N–H and O–H groups in total. The zero-order chi connectivity index (χ0) is 15.0. The molecule has 1 aliphatic rings. The van der Waals surface area contributed by atoms with Gasteiger partial charge in [-0.05, 0) is 34.1 Å². The monoisotopic (exact) mass is 511 g/mol. The molecule has 1 fully saturated rings. The van der Waals surface area contributed by atoms with Crippen molar-refractivity contribution in [3.05, 3.63) is 0 Å². The zero-order valence-corrected chi connectivity index (χ0v) is 16.1. The van der Waals surface area contributed by atoms with Crippen molar-refractivity contribution in [2.24, 2.45) is 0 Å². The van der Waals surface area contributed by atoms with E-state index in [1.165, 1.54) is 18.5 Å². The quantitative estimate of drug-likeness (QED) is 0.233. The second kappa shape index (κ2) is 12.8. The van der Waals surface area contributed by atoms with Crippen LogP contribution in [0.15, 0.2) is 0 Å². The van der Waals surface area contributed by atoms with Gasteiger partial charge in [-0.15, -0.1) is 0 Å². The summed E-state index contributed by atoms with van der Waals surface area (Å²) in [5.74, 6) is 0. The van der Waals surface area contributed by atoms with Crippen LogP contribution in [0.5, 0.6) is 0 Å². The molecule has 2 unspecified atom stereocenters. The number of hydrogen-bond acceptors (Lipinski definition) is 6. The summed E-state index contributed by atoms with van der Waals surface area (Å²) in [6.45, 7) is 6.49. The van der Waals surface area contributed by atoms with Crippen molar-refractivity contribution in [3.63, 3.8) is 0 Å². The average Bonchev–Trinajstić information content (AvgIpc) is 2.43. The molecule has 1 saturated heterocycles. The molecule has 0 aromatic rings. The van der Waals surface area contributed by atoms with Gasteiger partial charge in [0, 0.05) is 0 Å². The third-order valence-corrected chi connectivity index (χ3v) is 6.74. The Bertz CT molecular complexity index is 226. The van der Waals surface area contributed by atoms with Crippen LogP contribution in [-0.4, -0.2) is 75.4 Å². The zero-order valence-electron chi connectivity index (χ0n) is 12.1. The van der Waals surface area contributed by atoms with Crippen LogP contribution >= 0.6 is 7.92 Å². The van der Waals surface area contributed by atoms with Crippen LogP contribution in [0, 0.1) is 0 Å². The van der Waals surface area contributed by atoms with E-state index in [1.54, 1.807) is 0 Å². The molecule has 5 atom stereocenters. The number of hydrogen-bond donors (Lipinski definition) is 4. The first-order valence-electron chi connectivity index (χ1n) is 6.72. The normalized spacial score (nSPS) is 33.1. The molecular formula is C12H27AuO5PS+. The Hall–Kier alpha value is 1.32. The molecule has 0 radical (unpaired) electrons. The molecule has 0 aliphatic carbocycles. The van der Waals surface area contributed by atoms with Gasteiger partial charge in [0.05, 0.1) is 31.2 Å². The molecule has 0 aromatic carbocycles. The first kappa shape index (κ1) is 23.6. The second-order valence-electron chi connectivity index (χ2n) is 4.51. The van der Waals surface area contributed by atoms with Crippen LogP contribution in [0.2, 0.25) is 0 Å². The minimum Gasteiger partial charge on any atom is -0.759 e. The molecule has 0 aromatic heterocycles. The molecule has 0 amide bonds. The molecule has 1 heterocycles. The van der Waals surface area contributed by atoms with Gasteiger partial charge in [-0.3, -0.25) is 0 Å². The van der Waals surface area contributed by atoms with Crippen LogP contribution < -0.4 is 0 Å². The first-order valence-corrected chi connectivity index (χ1v) is 9.31. The minimum absolute atomic E-state index is 0. The SMILES string of the molecule is CC[PH+](CC)CC.OCC1O[C@@H]([S-])[C@@H](O)C(O)[C@@H]1O.[Au+]. The molecule has 5 nitrogen and oxygen atoms in total. The van der Waals surface area contributed by atoms with Crippen molar-refractivity contribution in [1.82, 2.24) is 0 Å². The van der Waals surface area contributed by atoms with Crippen molar-refractivity contribution in [2.45, 2.75) is 50.6 Å². The Morgan fingerprint density at radius 2 is 1.40 bits per heavy atom. The number of aliphatic hydroxyl groups excluding tert-OH is 4. The van der Waals surface area contributed by atoms with Gasteiger partial charge in [0.25, 0.3) is 0 Å². The molecule has 8 heteroatoms. The molecule has 0 saturated carbocycles. The number of aliphatic hydroxyl groups is 4. The van der Waals surface area contributed by atoms with Gasteiger partial charge in [-0.1, -0.05) is 0 Å². The summed E-state index contributed by atoms with van der Waals surface area (Å²) in [7, 11) is 0.137. The van der Waals surface area contributed by atoms with E-state index >= 15 is 0 Å². The Labute approximate surface area is 143 Å². The van der Waals surface area contributed by atoms with Gasteiger partial charge in [0.1, 0.15) is 18.3 Å². The van der Waals surface area contributed by atoms with Gasteiger partial charge in [-0.2, -0.15) is 0 Å². The van der Waals surface area contributed by atoms with Gasteiger partial charge in [-0.25, -0.2) is 0 Å². The molecule has 126 valence electrons. The van der Waals surface area contributed by atoms with Gasteiger partial charge in [0.2, 0.25) is 0 Å². The largest absolute Gasteiger partial charge is 1.00 e. The molecule has 1 aliphatic heterocycles. The minimum atomic E-state index is -1.35. The van der Waals surface area contributed by atoms with Crippen molar-refractivity contribution >= 4 is 20.6 Å². The predicted molar refractivity (Wildman–Crippen MR) is 81.1 cm³/mol. The van der Waals surface area contributed by atoms with E-state index in [0.717, 1.165) is 0 Å². The van der Waals surface area contributed by atoms with E-state index in [-0.39, 0.29) is 30.3 Å². The Kier molecular flexibility index (Phi) is 15.1. The predicted octanol–water partition coefficient (Wildman–Crippen LogP) is -0.409. The summed E-state index contributed by atoms with van der Waals surface area (Å²) in [6.07, 6.45) is -0.459. The van der Waals surface area contributed by atoms with Gasteiger partial charge >= 0.3 is 22.4 Å². The first-order chi connectivity index (χ1) is 8.92. The fourth-order valence-corrected chi connectivity index (χ4v) is 3.62. The summed E-state index contributed by atoms with van der Waals surface area (Å²) >= 11 is 4.63. The Morgan fingerprint density at radius 1 is 0.950 bits per heavy atom. The van der Waals surface area contributed by atoms with Crippen LogP contribution in [0.4, 0.5) is 0 Å². The number of rotatable bonds is 4. The van der Waals surface area contributed by atoms with Crippen LogP contribution in [0.25, 0.3) is 0 Å². The van der Waals surface area contributed by atoms with Crippen molar-refractivity contribution in [3.8, 4) is 0 Å². The topological polar surface area (TPSA) is 90.2 Å². The Morgan fingerprint density at radius 3 is 1.70 bits per heavy atom. The standard InChI is InChI=1S/C6H12O5S.C6H15P.Au/c7-1-2-3(8)4(9)5(10)6(12)11-2;1-4-7(5-2)6-3;/h2-10,12H,1H2;4-6H2,1-3H3;/q;;+1/t2?,3-,4?,5+,6+;;/m1../s1. The van der Waals surface area contributed by atoms with Crippen molar-refractivity contribution in [2.75, 3.05) is 25.1 Å². The molecule has 20 heavy (non-hydrogen) atoms. The van der Waals surface area contributed by atoms with Gasteiger partial charge < -0.3 is 37.8 Å².